The zero-order valence-electron chi connectivity index (χ0n) is 15.1. The first kappa shape index (κ1) is 19.5. The number of benzene rings is 1. The van der Waals surface area contributed by atoms with Crippen LogP contribution in [0.4, 0.5) is 0 Å². The molecule has 2 atom stereocenters. The first-order valence-corrected chi connectivity index (χ1v) is 11.1. The summed E-state index contributed by atoms with van der Waals surface area (Å²) in [7, 11) is -3.44. The molecule has 1 aromatic carbocycles. The molecule has 0 saturated carbocycles. The Labute approximate surface area is 163 Å². The average molecular weight is 404 g/mol. The number of hydrogen-bond acceptors (Lipinski definition) is 5. The highest BCUT2D eigenvalue weighted by Crippen LogP contribution is 2.31. The standard InChI is InChI=1S/C19H21N3O3S2/c1-12(2)27(24,25)22-16-8-10-18(23)21-19(16)14-5-3-13(4-6-14)17-9-7-15(11-20)26-17/h3-7,9,12,16,19,22H,8,10H2,1-2H3,(H,21,23)/t16-,19-/m1/s1. The molecule has 1 aliphatic rings. The van der Waals surface area contributed by atoms with E-state index in [1.807, 2.05) is 30.3 Å². The summed E-state index contributed by atoms with van der Waals surface area (Å²) in [6, 6.07) is 12.7. The number of sulfonamides is 1. The summed E-state index contributed by atoms with van der Waals surface area (Å²) in [5.41, 5.74) is 1.83. The zero-order valence-corrected chi connectivity index (χ0v) is 16.7. The lowest BCUT2D eigenvalue weighted by atomic mass is 9.92. The highest BCUT2D eigenvalue weighted by molar-refractivity contribution is 7.90. The fraction of sp³-hybridized carbons (Fsp3) is 0.368. The van der Waals surface area contributed by atoms with Crippen molar-refractivity contribution in [3.63, 3.8) is 0 Å². The largest absolute Gasteiger partial charge is 0.348 e. The molecule has 8 heteroatoms. The van der Waals surface area contributed by atoms with Crippen molar-refractivity contribution < 1.29 is 13.2 Å². The monoisotopic (exact) mass is 403 g/mol. The topological polar surface area (TPSA) is 99.1 Å². The number of carbonyl (C=O) groups is 1. The maximum absolute atomic E-state index is 12.3. The Bertz CT molecular complexity index is 972. The first-order valence-electron chi connectivity index (χ1n) is 8.71. The van der Waals surface area contributed by atoms with Gasteiger partial charge in [-0.05, 0) is 43.5 Å². The fourth-order valence-electron chi connectivity index (χ4n) is 3.00. The molecule has 0 unspecified atom stereocenters. The molecule has 1 aromatic heterocycles. The Balaban J connectivity index is 1.85. The van der Waals surface area contributed by atoms with Gasteiger partial charge in [0.2, 0.25) is 15.9 Å². The van der Waals surface area contributed by atoms with E-state index in [0.29, 0.717) is 17.7 Å². The molecule has 1 aliphatic heterocycles. The summed E-state index contributed by atoms with van der Waals surface area (Å²) in [5.74, 6) is -0.0824. The van der Waals surface area contributed by atoms with Gasteiger partial charge in [0, 0.05) is 17.3 Å². The average Bonchev–Trinajstić information content (AvgIpc) is 3.12. The number of hydrogen-bond donors (Lipinski definition) is 2. The van der Waals surface area contributed by atoms with Gasteiger partial charge in [0.15, 0.2) is 0 Å². The molecule has 2 N–H and O–H groups in total. The van der Waals surface area contributed by atoms with Crippen molar-refractivity contribution in [3.8, 4) is 16.5 Å². The molecule has 1 amide bonds. The van der Waals surface area contributed by atoms with Crippen molar-refractivity contribution in [3.05, 3.63) is 46.8 Å². The van der Waals surface area contributed by atoms with Gasteiger partial charge < -0.3 is 5.32 Å². The zero-order chi connectivity index (χ0) is 19.6. The number of nitrogens with zero attached hydrogens (tertiary/aromatic N) is 1. The molecule has 2 heterocycles. The van der Waals surface area contributed by atoms with Gasteiger partial charge in [0.05, 0.1) is 11.3 Å². The van der Waals surface area contributed by atoms with Gasteiger partial charge in [-0.25, -0.2) is 13.1 Å². The van der Waals surface area contributed by atoms with Crippen LogP contribution in [0.3, 0.4) is 0 Å². The predicted octanol–water partition coefficient (Wildman–Crippen LogP) is 2.93. The van der Waals surface area contributed by atoms with Crippen LogP contribution < -0.4 is 10.0 Å². The van der Waals surface area contributed by atoms with Gasteiger partial charge in [-0.15, -0.1) is 11.3 Å². The van der Waals surface area contributed by atoms with Crippen LogP contribution >= 0.6 is 11.3 Å². The number of thiophene rings is 1. The third kappa shape index (κ3) is 4.38. The number of rotatable bonds is 5. The van der Waals surface area contributed by atoms with E-state index >= 15 is 0 Å². The lowest BCUT2D eigenvalue weighted by Crippen LogP contribution is -2.51. The fourth-order valence-corrected chi connectivity index (χ4v) is 4.75. The summed E-state index contributed by atoms with van der Waals surface area (Å²) in [5, 5.41) is 11.3. The van der Waals surface area contributed by atoms with Crippen molar-refractivity contribution >= 4 is 27.3 Å². The Hall–Kier alpha value is -2.21. The molecule has 1 saturated heterocycles. The van der Waals surface area contributed by atoms with Gasteiger partial charge >= 0.3 is 0 Å². The van der Waals surface area contributed by atoms with E-state index < -0.39 is 21.3 Å². The third-order valence-corrected chi connectivity index (χ3v) is 7.52. The minimum absolute atomic E-state index is 0.0824. The lowest BCUT2D eigenvalue weighted by Gasteiger charge is -2.33. The van der Waals surface area contributed by atoms with Crippen molar-refractivity contribution in [1.82, 2.24) is 10.0 Å². The van der Waals surface area contributed by atoms with Crippen LogP contribution in [0, 0.1) is 11.3 Å². The maximum Gasteiger partial charge on any atom is 0.220 e. The molecule has 1 fully saturated rings. The summed E-state index contributed by atoms with van der Waals surface area (Å²) in [6.07, 6.45) is 0.757. The van der Waals surface area contributed by atoms with Gasteiger partial charge in [-0.3, -0.25) is 4.79 Å². The van der Waals surface area contributed by atoms with E-state index in [9.17, 15) is 13.2 Å². The Morgan fingerprint density at radius 3 is 2.52 bits per heavy atom. The number of amides is 1. The molecular weight excluding hydrogens is 382 g/mol. The molecule has 3 rings (SSSR count). The lowest BCUT2D eigenvalue weighted by molar-refractivity contribution is -0.123. The first-order chi connectivity index (χ1) is 12.8. The molecule has 142 valence electrons. The molecule has 6 nitrogen and oxygen atoms in total. The Kier molecular flexibility index (Phi) is 5.65. The van der Waals surface area contributed by atoms with E-state index in [-0.39, 0.29) is 11.9 Å². The van der Waals surface area contributed by atoms with Crippen LogP contribution in [-0.4, -0.2) is 25.6 Å². The van der Waals surface area contributed by atoms with Crippen LogP contribution in [0.15, 0.2) is 36.4 Å². The quantitative estimate of drug-likeness (QED) is 0.802. The summed E-state index contributed by atoms with van der Waals surface area (Å²) < 4.78 is 27.3. The van der Waals surface area contributed by atoms with E-state index in [1.165, 1.54) is 11.3 Å². The number of nitriles is 1. The molecule has 2 aromatic rings. The van der Waals surface area contributed by atoms with E-state index in [2.05, 4.69) is 16.1 Å². The number of piperidine rings is 1. The molecule has 0 radical (unpaired) electrons. The Morgan fingerprint density at radius 1 is 1.22 bits per heavy atom. The summed E-state index contributed by atoms with van der Waals surface area (Å²) in [6.45, 7) is 3.26. The highest BCUT2D eigenvalue weighted by atomic mass is 32.2. The molecular formula is C19H21N3O3S2. The van der Waals surface area contributed by atoms with Crippen LogP contribution in [0.5, 0.6) is 0 Å². The second kappa shape index (κ2) is 7.80. The van der Waals surface area contributed by atoms with E-state index in [1.54, 1.807) is 19.9 Å². The minimum atomic E-state index is -3.44. The van der Waals surface area contributed by atoms with Crippen LogP contribution in [-0.2, 0) is 14.8 Å². The second-order valence-electron chi connectivity index (χ2n) is 6.80. The molecule has 0 spiro atoms. The third-order valence-electron chi connectivity index (χ3n) is 4.61. The Morgan fingerprint density at radius 2 is 1.93 bits per heavy atom. The van der Waals surface area contributed by atoms with Crippen LogP contribution in [0.1, 0.15) is 43.2 Å². The van der Waals surface area contributed by atoms with Crippen molar-refractivity contribution in [1.29, 1.82) is 5.26 Å². The van der Waals surface area contributed by atoms with Gasteiger partial charge in [0.25, 0.3) is 0 Å². The maximum atomic E-state index is 12.3. The molecule has 27 heavy (non-hydrogen) atoms. The number of carbonyl (C=O) groups excluding carboxylic acids is 1. The smallest absolute Gasteiger partial charge is 0.220 e. The van der Waals surface area contributed by atoms with Crippen molar-refractivity contribution in [2.45, 2.75) is 44.0 Å². The molecule has 0 aliphatic carbocycles. The SMILES string of the molecule is CC(C)S(=O)(=O)N[C@@H]1CCC(=O)N[C@@H]1c1ccc(-c2ccc(C#N)s2)cc1. The van der Waals surface area contributed by atoms with Crippen LogP contribution in [0.2, 0.25) is 0 Å². The normalized spacial score (nSPS) is 20.3. The van der Waals surface area contributed by atoms with E-state index in [4.69, 9.17) is 5.26 Å². The minimum Gasteiger partial charge on any atom is -0.348 e. The highest BCUT2D eigenvalue weighted by Gasteiger charge is 2.33. The molecule has 0 bridgehead atoms. The second-order valence-corrected chi connectivity index (χ2v) is 10.2. The summed E-state index contributed by atoms with van der Waals surface area (Å²) >= 11 is 1.42. The van der Waals surface area contributed by atoms with Crippen LogP contribution in [0.25, 0.3) is 10.4 Å². The van der Waals surface area contributed by atoms with Gasteiger partial charge in [0.1, 0.15) is 10.9 Å². The predicted molar refractivity (Wildman–Crippen MR) is 106 cm³/mol. The van der Waals surface area contributed by atoms with Crippen molar-refractivity contribution in [2.75, 3.05) is 0 Å². The number of nitrogens with one attached hydrogen (secondary N) is 2. The van der Waals surface area contributed by atoms with Gasteiger partial charge in [-0.2, -0.15) is 5.26 Å². The van der Waals surface area contributed by atoms with Gasteiger partial charge in [-0.1, -0.05) is 24.3 Å². The van der Waals surface area contributed by atoms with E-state index in [0.717, 1.165) is 16.0 Å². The summed E-state index contributed by atoms with van der Waals surface area (Å²) in [4.78, 5) is 13.5. The van der Waals surface area contributed by atoms with Crippen molar-refractivity contribution in [2.24, 2.45) is 0 Å².